The molecular formula is C12H13N5O3. The van der Waals surface area contributed by atoms with Gasteiger partial charge in [-0.15, -0.1) is 0 Å². The van der Waals surface area contributed by atoms with Gasteiger partial charge in [-0.25, -0.2) is 4.68 Å². The Morgan fingerprint density at radius 3 is 2.70 bits per heavy atom. The van der Waals surface area contributed by atoms with Crippen LogP contribution in [0.1, 0.15) is 11.3 Å². The minimum absolute atomic E-state index is 0.102. The lowest BCUT2D eigenvalue weighted by Crippen LogP contribution is -2.01. The van der Waals surface area contributed by atoms with E-state index in [-0.39, 0.29) is 17.3 Å². The van der Waals surface area contributed by atoms with E-state index in [4.69, 9.17) is 5.11 Å². The molecule has 0 unspecified atom stereocenters. The van der Waals surface area contributed by atoms with Crippen LogP contribution < -0.4 is 5.43 Å². The first kappa shape index (κ1) is 13.5. The van der Waals surface area contributed by atoms with Crippen molar-refractivity contribution in [2.75, 3.05) is 5.43 Å². The van der Waals surface area contributed by atoms with Gasteiger partial charge in [-0.05, 0) is 36.8 Å². The zero-order valence-electron chi connectivity index (χ0n) is 10.9. The predicted molar refractivity (Wildman–Crippen MR) is 73.9 cm³/mol. The SMILES string of the molecule is Cc1nn(C)c(N/N=C\c2ccc(O)cc2)c1[N+](=O)[O-]. The Labute approximate surface area is 114 Å². The Balaban J connectivity index is 2.19. The van der Waals surface area contributed by atoms with E-state index >= 15 is 0 Å². The number of aryl methyl sites for hydroxylation is 2. The van der Waals surface area contributed by atoms with Gasteiger partial charge in [-0.1, -0.05) is 0 Å². The molecule has 0 spiro atoms. The molecule has 2 N–H and O–H groups in total. The topological polar surface area (TPSA) is 106 Å². The van der Waals surface area contributed by atoms with Gasteiger partial charge in [0.25, 0.3) is 0 Å². The molecule has 1 aromatic heterocycles. The number of anilines is 1. The van der Waals surface area contributed by atoms with Gasteiger partial charge in [0.05, 0.1) is 11.1 Å². The Bertz CT molecular complexity index is 660. The predicted octanol–water partition coefficient (Wildman–Crippen LogP) is 1.79. The molecule has 0 bridgehead atoms. The summed E-state index contributed by atoms with van der Waals surface area (Å²) in [7, 11) is 1.60. The summed E-state index contributed by atoms with van der Waals surface area (Å²) < 4.78 is 1.36. The fourth-order valence-electron chi connectivity index (χ4n) is 1.72. The molecule has 0 fully saturated rings. The average Bonchev–Trinajstić information content (AvgIpc) is 2.66. The Morgan fingerprint density at radius 2 is 2.10 bits per heavy atom. The van der Waals surface area contributed by atoms with E-state index in [0.717, 1.165) is 5.56 Å². The molecule has 1 heterocycles. The first-order chi connectivity index (χ1) is 9.49. The quantitative estimate of drug-likeness (QED) is 0.502. The molecule has 1 aromatic carbocycles. The number of rotatable bonds is 4. The van der Waals surface area contributed by atoms with Crippen LogP contribution in [0.5, 0.6) is 5.75 Å². The third-order valence-corrected chi connectivity index (χ3v) is 2.65. The summed E-state index contributed by atoms with van der Waals surface area (Å²) in [5, 5.41) is 28.0. The van der Waals surface area contributed by atoms with Gasteiger partial charge in [-0.3, -0.25) is 15.5 Å². The highest BCUT2D eigenvalue weighted by Crippen LogP contribution is 2.27. The van der Waals surface area contributed by atoms with Crippen LogP contribution in [0.4, 0.5) is 11.5 Å². The zero-order chi connectivity index (χ0) is 14.7. The van der Waals surface area contributed by atoms with Crippen molar-refractivity contribution in [1.82, 2.24) is 9.78 Å². The lowest BCUT2D eigenvalue weighted by Gasteiger charge is -2.00. The van der Waals surface area contributed by atoms with E-state index < -0.39 is 4.92 Å². The summed E-state index contributed by atoms with van der Waals surface area (Å²) in [6.07, 6.45) is 1.49. The highest BCUT2D eigenvalue weighted by atomic mass is 16.6. The molecule has 8 heteroatoms. The molecule has 0 amide bonds. The van der Waals surface area contributed by atoms with Gasteiger partial charge in [0.15, 0.2) is 0 Å². The van der Waals surface area contributed by atoms with Crippen LogP contribution in [-0.2, 0) is 7.05 Å². The monoisotopic (exact) mass is 275 g/mol. The van der Waals surface area contributed by atoms with Gasteiger partial charge < -0.3 is 5.11 Å². The first-order valence-corrected chi connectivity index (χ1v) is 5.75. The Kier molecular flexibility index (Phi) is 3.65. The zero-order valence-corrected chi connectivity index (χ0v) is 10.9. The minimum atomic E-state index is -0.499. The first-order valence-electron chi connectivity index (χ1n) is 5.75. The van der Waals surface area contributed by atoms with E-state index in [1.165, 1.54) is 23.0 Å². The highest BCUT2D eigenvalue weighted by Gasteiger charge is 2.23. The lowest BCUT2D eigenvalue weighted by molar-refractivity contribution is -0.384. The van der Waals surface area contributed by atoms with E-state index in [1.54, 1.807) is 26.1 Å². The molecule has 2 rings (SSSR count). The summed E-state index contributed by atoms with van der Waals surface area (Å²) in [6, 6.07) is 6.39. The number of nitrogens with zero attached hydrogens (tertiary/aromatic N) is 4. The molecule has 2 aromatic rings. The van der Waals surface area contributed by atoms with E-state index in [9.17, 15) is 10.1 Å². The summed E-state index contributed by atoms with van der Waals surface area (Å²) in [5.74, 6) is 0.371. The van der Waals surface area contributed by atoms with Gasteiger partial charge in [-0.2, -0.15) is 10.2 Å². The van der Waals surface area contributed by atoms with Gasteiger partial charge in [0, 0.05) is 7.05 Å². The molecule has 20 heavy (non-hydrogen) atoms. The summed E-state index contributed by atoms with van der Waals surface area (Å²) >= 11 is 0. The highest BCUT2D eigenvalue weighted by molar-refractivity contribution is 5.80. The second kappa shape index (κ2) is 5.39. The van der Waals surface area contributed by atoms with Crippen molar-refractivity contribution < 1.29 is 10.0 Å². The number of nitro groups is 1. The number of benzene rings is 1. The number of phenols is 1. The Morgan fingerprint density at radius 1 is 1.45 bits per heavy atom. The molecule has 0 aliphatic carbocycles. The summed E-state index contributed by atoms with van der Waals surface area (Å²) in [4.78, 5) is 10.5. The molecule has 0 saturated heterocycles. The van der Waals surface area contributed by atoms with Crippen LogP contribution in [0.2, 0.25) is 0 Å². The van der Waals surface area contributed by atoms with Crippen LogP contribution in [0, 0.1) is 17.0 Å². The average molecular weight is 275 g/mol. The second-order valence-electron chi connectivity index (χ2n) is 4.12. The number of hydrogen-bond donors (Lipinski definition) is 2. The van der Waals surface area contributed by atoms with Crippen LogP contribution in [0.15, 0.2) is 29.4 Å². The standard InChI is InChI=1S/C12H13N5O3/c1-8-11(17(19)20)12(16(2)15-8)14-13-7-9-3-5-10(18)6-4-9/h3-7,14,18H,1-2H3/b13-7-. The molecule has 0 atom stereocenters. The third-order valence-electron chi connectivity index (χ3n) is 2.65. The summed E-state index contributed by atoms with van der Waals surface area (Å²) in [6.45, 7) is 1.56. The second-order valence-corrected chi connectivity index (χ2v) is 4.12. The van der Waals surface area contributed by atoms with E-state index in [2.05, 4.69) is 15.6 Å². The number of aromatic nitrogens is 2. The normalized spacial score (nSPS) is 10.9. The van der Waals surface area contributed by atoms with Crippen molar-refractivity contribution in [2.45, 2.75) is 6.92 Å². The molecule has 8 nitrogen and oxygen atoms in total. The lowest BCUT2D eigenvalue weighted by atomic mass is 10.2. The maximum Gasteiger partial charge on any atom is 0.335 e. The van der Waals surface area contributed by atoms with Gasteiger partial charge in [0.2, 0.25) is 5.82 Å². The molecule has 0 aliphatic rings. The minimum Gasteiger partial charge on any atom is -0.508 e. The van der Waals surface area contributed by atoms with E-state index in [0.29, 0.717) is 5.69 Å². The maximum atomic E-state index is 11.0. The van der Waals surface area contributed by atoms with Crippen LogP contribution >= 0.6 is 0 Å². The summed E-state index contributed by atoms with van der Waals surface area (Å²) in [5.41, 5.74) is 3.58. The number of hydrogen-bond acceptors (Lipinski definition) is 6. The fourth-order valence-corrected chi connectivity index (χ4v) is 1.72. The number of nitrogens with one attached hydrogen (secondary N) is 1. The third kappa shape index (κ3) is 2.74. The number of phenolic OH excluding ortho intramolecular Hbond substituents is 1. The van der Waals surface area contributed by atoms with Gasteiger partial charge in [0.1, 0.15) is 11.4 Å². The van der Waals surface area contributed by atoms with Crippen LogP contribution in [0.3, 0.4) is 0 Å². The molecule has 0 radical (unpaired) electrons. The van der Waals surface area contributed by atoms with Crippen molar-refractivity contribution in [2.24, 2.45) is 12.1 Å². The fraction of sp³-hybridized carbons (Fsp3) is 0.167. The molecular weight excluding hydrogens is 262 g/mol. The number of hydrazone groups is 1. The largest absolute Gasteiger partial charge is 0.508 e. The van der Waals surface area contributed by atoms with Crippen molar-refractivity contribution in [3.05, 3.63) is 45.6 Å². The van der Waals surface area contributed by atoms with E-state index in [1.807, 2.05) is 0 Å². The molecule has 0 saturated carbocycles. The van der Waals surface area contributed by atoms with Crippen LogP contribution in [-0.4, -0.2) is 26.0 Å². The van der Waals surface area contributed by atoms with Crippen LogP contribution in [0.25, 0.3) is 0 Å². The van der Waals surface area contributed by atoms with Gasteiger partial charge >= 0.3 is 5.69 Å². The van der Waals surface area contributed by atoms with Crippen molar-refractivity contribution in [3.8, 4) is 5.75 Å². The maximum absolute atomic E-state index is 11.0. The van der Waals surface area contributed by atoms with Crippen molar-refractivity contribution in [3.63, 3.8) is 0 Å². The van der Waals surface area contributed by atoms with Crippen molar-refractivity contribution >= 4 is 17.7 Å². The Hall–Kier alpha value is -2.90. The molecule has 104 valence electrons. The van der Waals surface area contributed by atoms with Crippen molar-refractivity contribution in [1.29, 1.82) is 0 Å². The number of aromatic hydroxyl groups is 1. The smallest absolute Gasteiger partial charge is 0.335 e. The molecule has 0 aliphatic heterocycles.